The van der Waals surface area contributed by atoms with E-state index in [9.17, 15) is 4.79 Å². The second-order valence-electron chi connectivity index (χ2n) is 6.72. The molecule has 1 amide bonds. The van der Waals surface area contributed by atoms with Crippen LogP contribution in [0.15, 0.2) is 42.6 Å². The third kappa shape index (κ3) is 3.14. The Kier molecular flexibility index (Phi) is 4.32. The molecule has 0 aliphatic carbocycles. The lowest BCUT2D eigenvalue weighted by atomic mass is 10.1. The van der Waals surface area contributed by atoms with Gasteiger partial charge in [0, 0.05) is 30.9 Å². The minimum Gasteiger partial charge on any atom is -0.352 e. The van der Waals surface area contributed by atoms with Crippen LogP contribution in [0.4, 0.5) is 0 Å². The molecular formula is C21H21N5O. The summed E-state index contributed by atoms with van der Waals surface area (Å²) in [5.41, 5.74) is 5.08. The maximum absolute atomic E-state index is 12.8. The Balaban J connectivity index is 1.56. The topological polar surface area (TPSA) is 72.7 Å². The summed E-state index contributed by atoms with van der Waals surface area (Å²) in [6.07, 6.45) is 2.52. The number of para-hydroxylation sites is 1. The first-order valence-electron chi connectivity index (χ1n) is 8.96. The first-order chi connectivity index (χ1) is 13.0. The molecule has 6 nitrogen and oxygen atoms in total. The van der Waals surface area contributed by atoms with Crippen molar-refractivity contribution in [1.29, 1.82) is 0 Å². The van der Waals surface area contributed by atoms with E-state index in [0.29, 0.717) is 12.1 Å². The van der Waals surface area contributed by atoms with E-state index in [1.807, 2.05) is 51.2 Å². The summed E-state index contributed by atoms with van der Waals surface area (Å²) < 4.78 is 1.72. The molecule has 27 heavy (non-hydrogen) atoms. The van der Waals surface area contributed by atoms with Crippen LogP contribution in [-0.2, 0) is 13.5 Å². The zero-order valence-electron chi connectivity index (χ0n) is 15.7. The molecule has 4 aromatic rings. The van der Waals surface area contributed by atoms with Crippen molar-refractivity contribution >= 4 is 27.8 Å². The minimum atomic E-state index is -0.102. The molecule has 0 atom stereocenters. The van der Waals surface area contributed by atoms with E-state index in [1.165, 1.54) is 0 Å². The number of benzene rings is 1. The third-order valence-corrected chi connectivity index (χ3v) is 4.74. The highest BCUT2D eigenvalue weighted by atomic mass is 16.1. The SMILES string of the molecule is Cc1cc(C(=O)NCCc2cccc3cccnc23)c2c(C)nn(C)c2n1. The lowest BCUT2D eigenvalue weighted by Crippen LogP contribution is -2.26. The van der Waals surface area contributed by atoms with Crippen LogP contribution in [0.25, 0.3) is 21.9 Å². The van der Waals surface area contributed by atoms with Gasteiger partial charge in [0.15, 0.2) is 5.65 Å². The molecule has 4 rings (SSSR count). The number of hydrogen-bond donors (Lipinski definition) is 1. The van der Waals surface area contributed by atoms with Crippen molar-refractivity contribution in [1.82, 2.24) is 25.1 Å². The lowest BCUT2D eigenvalue weighted by molar-refractivity contribution is 0.0955. The maximum atomic E-state index is 12.8. The van der Waals surface area contributed by atoms with E-state index in [4.69, 9.17) is 0 Å². The van der Waals surface area contributed by atoms with Crippen LogP contribution < -0.4 is 5.32 Å². The summed E-state index contributed by atoms with van der Waals surface area (Å²) in [5.74, 6) is -0.102. The van der Waals surface area contributed by atoms with E-state index in [-0.39, 0.29) is 5.91 Å². The first kappa shape index (κ1) is 17.1. The van der Waals surface area contributed by atoms with Crippen molar-refractivity contribution in [2.24, 2.45) is 7.05 Å². The number of fused-ring (bicyclic) bond motifs is 2. The van der Waals surface area contributed by atoms with Gasteiger partial charge in [0.05, 0.1) is 22.2 Å². The largest absolute Gasteiger partial charge is 0.352 e. The number of carbonyl (C=O) groups is 1. The first-order valence-corrected chi connectivity index (χ1v) is 8.96. The quantitative estimate of drug-likeness (QED) is 0.608. The average molecular weight is 359 g/mol. The molecule has 0 saturated heterocycles. The van der Waals surface area contributed by atoms with Crippen molar-refractivity contribution in [3.05, 3.63) is 65.1 Å². The Morgan fingerprint density at radius 1 is 1.19 bits per heavy atom. The smallest absolute Gasteiger partial charge is 0.252 e. The summed E-state index contributed by atoms with van der Waals surface area (Å²) >= 11 is 0. The molecule has 1 N–H and O–H groups in total. The van der Waals surface area contributed by atoms with Gasteiger partial charge in [0.25, 0.3) is 5.91 Å². The molecular weight excluding hydrogens is 338 g/mol. The van der Waals surface area contributed by atoms with Gasteiger partial charge in [-0.3, -0.25) is 14.5 Å². The standard InChI is InChI=1S/C21H21N5O/c1-13-12-17(18-14(2)25-26(3)20(18)24-13)21(27)23-11-9-16-7-4-6-15-8-5-10-22-19(15)16/h4-8,10,12H,9,11H2,1-3H3,(H,23,27). The fourth-order valence-electron chi connectivity index (χ4n) is 3.52. The second kappa shape index (κ2) is 6.79. The van der Waals surface area contributed by atoms with E-state index in [1.54, 1.807) is 10.9 Å². The Morgan fingerprint density at radius 2 is 2.00 bits per heavy atom. The minimum absolute atomic E-state index is 0.102. The third-order valence-electron chi connectivity index (χ3n) is 4.74. The summed E-state index contributed by atoms with van der Waals surface area (Å²) in [6.45, 7) is 4.33. The van der Waals surface area contributed by atoms with E-state index < -0.39 is 0 Å². The van der Waals surface area contributed by atoms with Gasteiger partial charge >= 0.3 is 0 Å². The van der Waals surface area contributed by atoms with Crippen LogP contribution in [0.2, 0.25) is 0 Å². The number of rotatable bonds is 4. The monoisotopic (exact) mass is 359 g/mol. The Labute approximate surface area is 157 Å². The van der Waals surface area contributed by atoms with Crippen molar-refractivity contribution in [3.63, 3.8) is 0 Å². The molecule has 6 heteroatoms. The average Bonchev–Trinajstić information content (AvgIpc) is 2.95. The molecule has 0 spiro atoms. The molecule has 0 unspecified atom stereocenters. The molecule has 1 aromatic carbocycles. The summed E-state index contributed by atoms with van der Waals surface area (Å²) in [6, 6.07) is 11.9. The highest BCUT2D eigenvalue weighted by Crippen LogP contribution is 2.21. The number of carbonyl (C=O) groups excluding carboxylic acids is 1. The summed E-state index contributed by atoms with van der Waals surface area (Å²) in [5, 5.41) is 9.36. The van der Waals surface area contributed by atoms with E-state index >= 15 is 0 Å². The van der Waals surface area contributed by atoms with Crippen LogP contribution >= 0.6 is 0 Å². The second-order valence-corrected chi connectivity index (χ2v) is 6.72. The maximum Gasteiger partial charge on any atom is 0.252 e. The van der Waals surface area contributed by atoms with Gasteiger partial charge in [-0.05, 0) is 38.0 Å². The van der Waals surface area contributed by atoms with E-state index in [2.05, 4.69) is 26.4 Å². The fraction of sp³-hybridized carbons (Fsp3) is 0.238. The molecule has 3 heterocycles. The van der Waals surface area contributed by atoms with Crippen LogP contribution in [0.3, 0.4) is 0 Å². The molecule has 0 saturated carbocycles. The number of amides is 1. The highest BCUT2D eigenvalue weighted by Gasteiger charge is 2.17. The zero-order valence-corrected chi connectivity index (χ0v) is 15.7. The summed E-state index contributed by atoms with van der Waals surface area (Å²) in [7, 11) is 1.84. The van der Waals surface area contributed by atoms with Gasteiger partial charge in [-0.15, -0.1) is 0 Å². The highest BCUT2D eigenvalue weighted by molar-refractivity contribution is 6.06. The van der Waals surface area contributed by atoms with Crippen molar-refractivity contribution in [2.45, 2.75) is 20.3 Å². The van der Waals surface area contributed by atoms with Crippen LogP contribution in [0, 0.1) is 13.8 Å². The number of aromatic nitrogens is 4. The number of hydrogen-bond acceptors (Lipinski definition) is 4. The van der Waals surface area contributed by atoms with Crippen molar-refractivity contribution in [2.75, 3.05) is 6.54 Å². The van der Waals surface area contributed by atoms with Crippen molar-refractivity contribution < 1.29 is 4.79 Å². The molecule has 3 aromatic heterocycles. The number of aryl methyl sites for hydroxylation is 3. The van der Waals surface area contributed by atoms with Gasteiger partial charge in [0.1, 0.15) is 0 Å². The Morgan fingerprint density at radius 3 is 2.85 bits per heavy atom. The fourth-order valence-corrected chi connectivity index (χ4v) is 3.52. The molecule has 0 radical (unpaired) electrons. The Hall–Kier alpha value is -3.28. The summed E-state index contributed by atoms with van der Waals surface area (Å²) in [4.78, 5) is 21.8. The molecule has 0 bridgehead atoms. The normalized spacial score (nSPS) is 11.2. The number of nitrogens with one attached hydrogen (secondary N) is 1. The van der Waals surface area contributed by atoms with Gasteiger partial charge in [0.2, 0.25) is 0 Å². The van der Waals surface area contributed by atoms with Crippen LogP contribution in [0.5, 0.6) is 0 Å². The Bertz CT molecular complexity index is 1160. The van der Waals surface area contributed by atoms with Gasteiger partial charge < -0.3 is 5.32 Å². The molecule has 136 valence electrons. The molecule has 0 fully saturated rings. The zero-order chi connectivity index (χ0) is 19.0. The predicted octanol–water partition coefficient (Wildman–Crippen LogP) is 3.11. The molecule has 0 aliphatic rings. The van der Waals surface area contributed by atoms with Crippen LogP contribution in [0.1, 0.15) is 27.3 Å². The van der Waals surface area contributed by atoms with Crippen LogP contribution in [-0.4, -0.2) is 32.2 Å². The number of pyridine rings is 2. The van der Waals surface area contributed by atoms with Gasteiger partial charge in [-0.1, -0.05) is 24.3 Å². The van der Waals surface area contributed by atoms with Gasteiger partial charge in [-0.2, -0.15) is 5.10 Å². The lowest BCUT2D eigenvalue weighted by Gasteiger charge is -2.09. The predicted molar refractivity (Wildman–Crippen MR) is 106 cm³/mol. The van der Waals surface area contributed by atoms with Gasteiger partial charge in [-0.25, -0.2) is 4.98 Å². The van der Waals surface area contributed by atoms with E-state index in [0.717, 1.165) is 45.3 Å². The number of nitrogens with zero attached hydrogens (tertiary/aromatic N) is 4. The van der Waals surface area contributed by atoms with Crippen molar-refractivity contribution in [3.8, 4) is 0 Å². The molecule has 0 aliphatic heterocycles.